The molecule has 0 saturated heterocycles. The van der Waals surface area contributed by atoms with Gasteiger partial charge in [-0.25, -0.2) is 8.42 Å². The Kier molecular flexibility index (Phi) is 5.38. The average molecular weight is 339 g/mol. The van der Waals surface area contributed by atoms with E-state index in [4.69, 9.17) is 0 Å². The summed E-state index contributed by atoms with van der Waals surface area (Å²) < 4.78 is 24.8. The Balaban J connectivity index is 1.90. The maximum Gasteiger partial charge on any atom is 0.225 e. The van der Waals surface area contributed by atoms with E-state index in [1.54, 1.807) is 24.3 Å². The normalized spacial score (nSPS) is 14.6. The van der Waals surface area contributed by atoms with Crippen LogP contribution in [-0.4, -0.2) is 43.4 Å². The second-order valence-corrected chi connectivity index (χ2v) is 7.60. The summed E-state index contributed by atoms with van der Waals surface area (Å²) in [7, 11) is -3.28. The largest absolute Gasteiger partial charge is 0.326 e. The maximum absolute atomic E-state index is 12.0. The van der Waals surface area contributed by atoms with Gasteiger partial charge in [0, 0.05) is 37.3 Å². The molecule has 0 heterocycles. The van der Waals surface area contributed by atoms with Crippen molar-refractivity contribution in [1.29, 1.82) is 0 Å². The van der Waals surface area contributed by atoms with Gasteiger partial charge in [-0.05, 0) is 31.0 Å². The zero-order valence-corrected chi connectivity index (χ0v) is 14.0. The lowest BCUT2D eigenvalue weighted by atomic mass is 10.2. The SMILES string of the molecule is CC(=O)Nc1cccc(NC(=O)CCN(C2CC2)S(C)(=O)=O)c1. The molecular weight excluding hydrogens is 318 g/mol. The van der Waals surface area contributed by atoms with Gasteiger partial charge in [0.1, 0.15) is 0 Å². The van der Waals surface area contributed by atoms with Gasteiger partial charge in [-0.2, -0.15) is 4.31 Å². The first-order chi connectivity index (χ1) is 10.8. The number of anilines is 2. The molecule has 1 aromatic carbocycles. The lowest BCUT2D eigenvalue weighted by molar-refractivity contribution is -0.116. The van der Waals surface area contributed by atoms with Gasteiger partial charge < -0.3 is 10.6 Å². The van der Waals surface area contributed by atoms with E-state index in [0.717, 1.165) is 12.8 Å². The molecule has 1 aromatic rings. The van der Waals surface area contributed by atoms with Crippen molar-refractivity contribution in [2.24, 2.45) is 0 Å². The van der Waals surface area contributed by atoms with Crippen LogP contribution in [0.25, 0.3) is 0 Å². The first-order valence-corrected chi connectivity index (χ1v) is 9.25. The molecule has 0 bridgehead atoms. The number of nitrogens with zero attached hydrogens (tertiary/aromatic N) is 1. The Morgan fingerprint density at radius 1 is 1.22 bits per heavy atom. The number of carbonyl (C=O) groups is 2. The highest BCUT2D eigenvalue weighted by Crippen LogP contribution is 2.28. The molecule has 23 heavy (non-hydrogen) atoms. The first-order valence-electron chi connectivity index (χ1n) is 7.40. The number of rotatable bonds is 7. The van der Waals surface area contributed by atoms with Crippen molar-refractivity contribution >= 4 is 33.2 Å². The van der Waals surface area contributed by atoms with E-state index in [-0.39, 0.29) is 30.8 Å². The van der Waals surface area contributed by atoms with E-state index >= 15 is 0 Å². The van der Waals surface area contributed by atoms with Crippen LogP contribution < -0.4 is 10.6 Å². The van der Waals surface area contributed by atoms with Crippen LogP contribution in [0.2, 0.25) is 0 Å². The Labute approximate surface area is 136 Å². The molecule has 0 unspecified atom stereocenters. The molecule has 0 spiro atoms. The molecule has 0 aliphatic heterocycles. The van der Waals surface area contributed by atoms with Crippen LogP contribution in [0.1, 0.15) is 26.2 Å². The second-order valence-electron chi connectivity index (χ2n) is 5.67. The number of carbonyl (C=O) groups excluding carboxylic acids is 2. The minimum absolute atomic E-state index is 0.0425. The zero-order valence-electron chi connectivity index (χ0n) is 13.2. The van der Waals surface area contributed by atoms with Crippen LogP contribution in [0.5, 0.6) is 0 Å². The highest BCUT2D eigenvalue weighted by Gasteiger charge is 2.34. The van der Waals surface area contributed by atoms with E-state index in [2.05, 4.69) is 10.6 Å². The summed E-state index contributed by atoms with van der Waals surface area (Å²) in [5.74, 6) is -0.457. The van der Waals surface area contributed by atoms with Gasteiger partial charge in [-0.1, -0.05) is 6.07 Å². The van der Waals surface area contributed by atoms with Crippen LogP contribution in [-0.2, 0) is 19.6 Å². The number of sulfonamides is 1. The lowest BCUT2D eigenvalue weighted by Gasteiger charge is -2.18. The molecular formula is C15H21N3O4S. The van der Waals surface area contributed by atoms with Gasteiger partial charge in [0.05, 0.1) is 6.26 Å². The molecule has 2 N–H and O–H groups in total. The molecule has 2 amide bonds. The van der Waals surface area contributed by atoms with Crippen molar-refractivity contribution in [3.8, 4) is 0 Å². The topological polar surface area (TPSA) is 95.6 Å². The van der Waals surface area contributed by atoms with Crippen LogP contribution >= 0.6 is 0 Å². The number of amides is 2. The highest BCUT2D eigenvalue weighted by molar-refractivity contribution is 7.88. The van der Waals surface area contributed by atoms with E-state index < -0.39 is 10.0 Å². The summed E-state index contributed by atoms with van der Waals surface area (Å²) in [5.41, 5.74) is 1.14. The molecule has 126 valence electrons. The molecule has 0 aromatic heterocycles. The van der Waals surface area contributed by atoms with Crippen molar-refractivity contribution in [2.45, 2.75) is 32.2 Å². The summed E-state index contributed by atoms with van der Waals surface area (Å²) in [5, 5.41) is 5.34. The van der Waals surface area contributed by atoms with Gasteiger partial charge in [0.2, 0.25) is 21.8 Å². The summed E-state index contributed by atoms with van der Waals surface area (Å²) in [6.07, 6.45) is 2.97. The fourth-order valence-corrected chi connectivity index (χ4v) is 3.47. The van der Waals surface area contributed by atoms with Crippen molar-refractivity contribution in [2.75, 3.05) is 23.4 Å². The third-order valence-electron chi connectivity index (χ3n) is 3.41. The fraction of sp³-hybridized carbons (Fsp3) is 0.467. The standard InChI is InChI=1S/C15H21N3O4S/c1-11(19)16-12-4-3-5-13(10-12)17-15(20)8-9-18(14-6-7-14)23(2,21)22/h3-5,10,14H,6-9H2,1-2H3,(H,16,19)(H,17,20). The minimum atomic E-state index is -3.28. The fourth-order valence-electron chi connectivity index (χ4n) is 2.29. The van der Waals surface area contributed by atoms with Crippen molar-refractivity contribution < 1.29 is 18.0 Å². The van der Waals surface area contributed by atoms with Crippen molar-refractivity contribution in [3.05, 3.63) is 24.3 Å². The molecule has 1 fully saturated rings. The first kappa shape index (κ1) is 17.4. The Hall–Kier alpha value is -1.93. The van der Waals surface area contributed by atoms with Gasteiger partial charge in [-0.3, -0.25) is 9.59 Å². The predicted molar refractivity (Wildman–Crippen MR) is 88.6 cm³/mol. The number of hydrogen-bond donors (Lipinski definition) is 2. The van der Waals surface area contributed by atoms with E-state index in [1.165, 1.54) is 17.5 Å². The molecule has 2 rings (SSSR count). The molecule has 0 atom stereocenters. The van der Waals surface area contributed by atoms with Gasteiger partial charge in [0.15, 0.2) is 0 Å². The van der Waals surface area contributed by atoms with E-state index in [0.29, 0.717) is 11.4 Å². The van der Waals surface area contributed by atoms with Crippen LogP contribution in [0.15, 0.2) is 24.3 Å². The minimum Gasteiger partial charge on any atom is -0.326 e. The number of benzene rings is 1. The van der Waals surface area contributed by atoms with E-state index in [9.17, 15) is 18.0 Å². The van der Waals surface area contributed by atoms with Crippen LogP contribution in [0, 0.1) is 0 Å². The maximum atomic E-state index is 12.0. The molecule has 1 aliphatic carbocycles. The average Bonchev–Trinajstić information content (AvgIpc) is 3.21. The van der Waals surface area contributed by atoms with Gasteiger partial charge in [-0.15, -0.1) is 0 Å². The third-order valence-corrected chi connectivity index (χ3v) is 4.74. The summed E-state index contributed by atoms with van der Waals surface area (Å²) in [4.78, 5) is 23.0. The highest BCUT2D eigenvalue weighted by atomic mass is 32.2. The second kappa shape index (κ2) is 7.10. The third kappa shape index (κ3) is 5.65. The summed E-state index contributed by atoms with van der Waals surface area (Å²) in [6.45, 7) is 1.59. The quantitative estimate of drug-likeness (QED) is 0.785. The predicted octanol–water partition coefficient (Wildman–Crippen LogP) is 1.40. The summed E-state index contributed by atoms with van der Waals surface area (Å²) >= 11 is 0. The number of hydrogen-bond acceptors (Lipinski definition) is 4. The monoisotopic (exact) mass is 339 g/mol. The lowest BCUT2D eigenvalue weighted by Crippen LogP contribution is -2.34. The Morgan fingerprint density at radius 3 is 2.35 bits per heavy atom. The van der Waals surface area contributed by atoms with Gasteiger partial charge >= 0.3 is 0 Å². The molecule has 1 aliphatic rings. The molecule has 1 saturated carbocycles. The van der Waals surface area contributed by atoms with E-state index in [1.807, 2.05) is 0 Å². The van der Waals surface area contributed by atoms with Gasteiger partial charge in [0.25, 0.3) is 0 Å². The summed E-state index contributed by atoms with van der Waals surface area (Å²) in [6, 6.07) is 6.83. The van der Waals surface area contributed by atoms with Crippen molar-refractivity contribution in [1.82, 2.24) is 4.31 Å². The number of nitrogens with one attached hydrogen (secondary N) is 2. The zero-order chi connectivity index (χ0) is 17.0. The van der Waals surface area contributed by atoms with Crippen LogP contribution in [0.3, 0.4) is 0 Å². The molecule has 7 nitrogen and oxygen atoms in total. The van der Waals surface area contributed by atoms with Crippen LogP contribution in [0.4, 0.5) is 11.4 Å². The smallest absolute Gasteiger partial charge is 0.225 e. The Morgan fingerprint density at radius 2 is 1.83 bits per heavy atom. The van der Waals surface area contributed by atoms with Crippen molar-refractivity contribution in [3.63, 3.8) is 0 Å². The molecule has 8 heteroatoms. The Bertz CT molecular complexity index is 698. The molecule has 0 radical (unpaired) electrons.